The number of rotatable bonds is 4. The van der Waals surface area contributed by atoms with E-state index in [9.17, 15) is 0 Å². The SMILES string of the molecule is C[C@@H](NCc1ccc2cc[nH]c2c1)c1ccco1. The number of aromatic nitrogens is 1. The second kappa shape index (κ2) is 4.70. The monoisotopic (exact) mass is 240 g/mol. The Kier molecular flexibility index (Phi) is 2.90. The van der Waals surface area contributed by atoms with Crippen molar-refractivity contribution in [1.82, 2.24) is 10.3 Å². The van der Waals surface area contributed by atoms with E-state index in [-0.39, 0.29) is 6.04 Å². The fourth-order valence-corrected chi connectivity index (χ4v) is 2.11. The van der Waals surface area contributed by atoms with Crippen LogP contribution >= 0.6 is 0 Å². The average Bonchev–Trinajstić information content (AvgIpc) is 3.05. The van der Waals surface area contributed by atoms with Crippen LogP contribution in [0.3, 0.4) is 0 Å². The molecule has 0 bridgehead atoms. The van der Waals surface area contributed by atoms with Crippen molar-refractivity contribution < 1.29 is 4.42 Å². The lowest BCUT2D eigenvalue weighted by atomic mass is 10.1. The molecule has 2 N–H and O–H groups in total. The lowest BCUT2D eigenvalue weighted by Gasteiger charge is -2.11. The summed E-state index contributed by atoms with van der Waals surface area (Å²) in [4.78, 5) is 3.23. The maximum absolute atomic E-state index is 5.37. The Morgan fingerprint density at radius 3 is 3.06 bits per heavy atom. The summed E-state index contributed by atoms with van der Waals surface area (Å²) in [5.74, 6) is 0.968. The van der Waals surface area contributed by atoms with Crippen molar-refractivity contribution in [2.24, 2.45) is 0 Å². The number of fused-ring (bicyclic) bond motifs is 1. The smallest absolute Gasteiger partial charge is 0.120 e. The first kappa shape index (κ1) is 11.1. The quantitative estimate of drug-likeness (QED) is 0.731. The second-order valence-electron chi connectivity index (χ2n) is 4.52. The van der Waals surface area contributed by atoms with Gasteiger partial charge in [0.1, 0.15) is 5.76 Å². The van der Waals surface area contributed by atoms with Gasteiger partial charge in [0.25, 0.3) is 0 Å². The fraction of sp³-hybridized carbons (Fsp3) is 0.200. The number of nitrogens with one attached hydrogen (secondary N) is 2. The molecule has 3 aromatic rings. The Labute approximate surface area is 106 Å². The van der Waals surface area contributed by atoms with Crippen LogP contribution in [0.1, 0.15) is 24.3 Å². The van der Waals surface area contributed by atoms with Crippen molar-refractivity contribution in [2.45, 2.75) is 19.5 Å². The van der Waals surface area contributed by atoms with Crippen molar-refractivity contribution in [2.75, 3.05) is 0 Å². The highest BCUT2D eigenvalue weighted by atomic mass is 16.3. The van der Waals surface area contributed by atoms with Crippen LogP contribution in [0.15, 0.2) is 53.3 Å². The number of H-pyrrole nitrogens is 1. The van der Waals surface area contributed by atoms with Crippen LogP contribution in [-0.4, -0.2) is 4.98 Å². The molecule has 0 aliphatic carbocycles. The number of furan rings is 1. The molecular formula is C15H16N2O. The van der Waals surface area contributed by atoms with E-state index < -0.39 is 0 Å². The van der Waals surface area contributed by atoms with Crippen molar-refractivity contribution in [3.63, 3.8) is 0 Å². The number of aromatic amines is 1. The number of benzene rings is 1. The van der Waals surface area contributed by atoms with E-state index in [2.05, 4.69) is 41.5 Å². The predicted octanol–water partition coefficient (Wildman–Crippen LogP) is 3.61. The highest BCUT2D eigenvalue weighted by Crippen LogP contribution is 2.16. The minimum Gasteiger partial charge on any atom is -0.468 e. The van der Waals surface area contributed by atoms with Gasteiger partial charge in [-0.15, -0.1) is 0 Å². The molecule has 0 radical (unpaired) electrons. The third kappa shape index (κ3) is 2.17. The van der Waals surface area contributed by atoms with Crippen LogP contribution < -0.4 is 5.32 Å². The summed E-state index contributed by atoms with van der Waals surface area (Å²) < 4.78 is 5.37. The van der Waals surface area contributed by atoms with E-state index in [0.717, 1.165) is 12.3 Å². The van der Waals surface area contributed by atoms with Crippen molar-refractivity contribution in [3.8, 4) is 0 Å². The van der Waals surface area contributed by atoms with E-state index in [1.54, 1.807) is 6.26 Å². The van der Waals surface area contributed by atoms with E-state index >= 15 is 0 Å². The molecule has 0 fully saturated rings. The fourth-order valence-electron chi connectivity index (χ4n) is 2.11. The van der Waals surface area contributed by atoms with Gasteiger partial charge in [0.2, 0.25) is 0 Å². The molecule has 0 spiro atoms. The standard InChI is InChI=1S/C15H16N2O/c1-11(15-3-2-8-18-15)17-10-12-4-5-13-6-7-16-14(13)9-12/h2-9,11,16-17H,10H2,1H3/t11-/m1/s1. The van der Waals surface area contributed by atoms with Crippen molar-refractivity contribution >= 4 is 10.9 Å². The van der Waals surface area contributed by atoms with Gasteiger partial charge >= 0.3 is 0 Å². The Hall–Kier alpha value is -2.00. The molecule has 2 aromatic heterocycles. The Balaban J connectivity index is 1.69. The summed E-state index contributed by atoms with van der Waals surface area (Å²) in [6.45, 7) is 2.93. The number of hydrogen-bond acceptors (Lipinski definition) is 2. The molecule has 0 aliphatic heterocycles. The topological polar surface area (TPSA) is 41.0 Å². The second-order valence-corrected chi connectivity index (χ2v) is 4.52. The first-order valence-corrected chi connectivity index (χ1v) is 6.16. The van der Waals surface area contributed by atoms with Gasteiger partial charge in [-0.1, -0.05) is 12.1 Å². The van der Waals surface area contributed by atoms with Gasteiger partial charge in [-0.05, 0) is 42.1 Å². The average molecular weight is 240 g/mol. The zero-order valence-electron chi connectivity index (χ0n) is 10.3. The first-order valence-electron chi connectivity index (χ1n) is 6.16. The molecular weight excluding hydrogens is 224 g/mol. The van der Waals surface area contributed by atoms with Crippen LogP contribution in [0.25, 0.3) is 10.9 Å². The molecule has 0 aliphatic rings. The van der Waals surface area contributed by atoms with Gasteiger partial charge in [0.15, 0.2) is 0 Å². The third-order valence-corrected chi connectivity index (χ3v) is 3.20. The normalized spacial score (nSPS) is 12.9. The zero-order valence-corrected chi connectivity index (χ0v) is 10.3. The minimum absolute atomic E-state index is 0.222. The van der Waals surface area contributed by atoms with Crippen molar-refractivity contribution in [1.29, 1.82) is 0 Å². The van der Waals surface area contributed by atoms with E-state index in [1.165, 1.54) is 16.5 Å². The lowest BCUT2D eigenvalue weighted by Crippen LogP contribution is -2.17. The largest absolute Gasteiger partial charge is 0.468 e. The van der Waals surface area contributed by atoms with Crippen molar-refractivity contribution in [3.05, 3.63) is 60.2 Å². The zero-order chi connectivity index (χ0) is 12.4. The van der Waals surface area contributed by atoms with Gasteiger partial charge in [-0.3, -0.25) is 0 Å². The van der Waals surface area contributed by atoms with E-state index in [0.29, 0.717) is 0 Å². The van der Waals surface area contributed by atoms with Gasteiger partial charge in [-0.25, -0.2) is 0 Å². The third-order valence-electron chi connectivity index (χ3n) is 3.20. The maximum Gasteiger partial charge on any atom is 0.120 e. The molecule has 3 rings (SSSR count). The lowest BCUT2D eigenvalue weighted by molar-refractivity contribution is 0.430. The van der Waals surface area contributed by atoms with Crippen LogP contribution in [0.2, 0.25) is 0 Å². The Bertz CT molecular complexity index is 625. The molecule has 3 nitrogen and oxygen atoms in total. The van der Waals surface area contributed by atoms with Crippen LogP contribution in [0, 0.1) is 0 Å². The van der Waals surface area contributed by atoms with Gasteiger partial charge in [-0.2, -0.15) is 0 Å². The summed E-state index contributed by atoms with van der Waals surface area (Å²) in [7, 11) is 0. The molecule has 92 valence electrons. The molecule has 0 amide bonds. The van der Waals surface area contributed by atoms with Crippen LogP contribution in [-0.2, 0) is 6.54 Å². The maximum atomic E-state index is 5.37. The molecule has 0 saturated heterocycles. The number of hydrogen-bond donors (Lipinski definition) is 2. The van der Waals surface area contributed by atoms with Gasteiger partial charge in [0, 0.05) is 18.3 Å². The summed E-state index contributed by atoms with van der Waals surface area (Å²) >= 11 is 0. The molecule has 1 atom stereocenters. The molecule has 2 heterocycles. The van der Waals surface area contributed by atoms with Crippen LogP contribution in [0.5, 0.6) is 0 Å². The summed E-state index contributed by atoms with van der Waals surface area (Å²) in [5.41, 5.74) is 2.45. The predicted molar refractivity (Wildman–Crippen MR) is 72.3 cm³/mol. The Morgan fingerprint density at radius 2 is 2.22 bits per heavy atom. The summed E-state index contributed by atoms with van der Waals surface area (Å²) in [6.07, 6.45) is 3.67. The molecule has 3 heteroatoms. The first-order chi connectivity index (χ1) is 8.83. The van der Waals surface area contributed by atoms with E-state index in [4.69, 9.17) is 4.42 Å². The summed E-state index contributed by atoms with van der Waals surface area (Å²) in [5, 5.41) is 4.70. The summed E-state index contributed by atoms with van der Waals surface area (Å²) in [6, 6.07) is 12.7. The molecule has 0 unspecified atom stereocenters. The molecule has 0 saturated carbocycles. The highest BCUT2D eigenvalue weighted by Gasteiger charge is 2.07. The van der Waals surface area contributed by atoms with E-state index in [1.807, 2.05) is 18.3 Å². The minimum atomic E-state index is 0.222. The Morgan fingerprint density at radius 1 is 1.28 bits per heavy atom. The molecule has 1 aromatic carbocycles. The van der Waals surface area contributed by atoms with Crippen LogP contribution in [0.4, 0.5) is 0 Å². The van der Waals surface area contributed by atoms with Gasteiger partial charge in [0.05, 0.1) is 12.3 Å². The molecule has 18 heavy (non-hydrogen) atoms. The highest BCUT2D eigenvalue weighted by molar-refractivity contribution is 5.79. The van der Waals surface area contributed by atoms with Gasteiger partial charge < -0.3 is 14.7 Å².